The summed E-state index contributed by atoms with van der Waals surface area (Å²) in [6, 6.07) is 2.63. The van der Waals surface area contributed by atoms with Crippen LogP contribution >= 0.6 is 10.6 Å². The quantitative estimate of drug-likeness (QED) is 0.360. The highest BCUT2D eigenvalue weighted by Gasteiger charge is 2.46. The van der Waals surface area contributed by atoms with Gasteiger partial charge < -0.3 is 10.1 Å². The Morgan fingerprint density at radius 1 is 1.16 bits per heavy atom. The maximum atomic E-state index is 15.3. The molecule has 14 heteroatoms. The van der Waals surface area contributed by atoms with Crippen LogP contribution in [0.3, 0.4) is 0 Å². The Morgan fingerprint density at radius 3 is 2.39 bits per heavy atom. The molecule has 1 saturated heterocycles. The molecule has 1 aliphatic heterocycles. The van der Waals surface area contributed by atoms with E-state index < -0.39 is 70.2 Å². The first-order chi connectivity index (χ1) is 17.8. The van der Waals surface area contributed by atoms with Crippen molar-refractivity contribution in [3.05, 3.63) is 52.1 Å². The third-order valence-corrected chi connectivity index (χ3v) is 8.31. The normalized spacial score (nSPS) is 17.7. The largest absolute Gasteiger partial charge is 0.478 e. The number of pyridine rings is 1. The number of nitrogens with one attached hydrogen (secondary N) is 1. The lowest BCUT2D eigenvalue weighted by Crippen LogP contribution is -2.57. The van der Waals surface area contributed by atoms with Crippen LogP contribution in [0.25, 0.3) is 16.7 Å². The first-order valence-corrected chi connectivity index (χ1v) is 13.8. The second-order valence-electron chi connectivity index (χ2n) is 9.43. The number of halogens is 4. The molecule has 208 valence electrons. The van der Waals surface area contributed by atoms with Crippen LogP contribution in [0.5, 0.6) is 5.88 Å². The summed E-state index contributed by atoms with van der Waals surface area (Å²) in [5.41, 5.74) is -3.60. The van der Waals surface area contributed by atoms with Crippen molar-refractivity contribution in [1.29, 1.82) is 0 Å². The van der Waals surface area contributed by atoms with Crippen molar-refractivity contribution >= 4 is 27.5 Å². The van der Waals surface area contributed by atoms with Gasteiger partial charge in [0.1, 0.15) is 11.4 Å². The summed E-state index contributed by atoms with van der Waals surface area (Å²) >= 11 is 0. The van der Waals surface area contributed by atoms with Gasteiger partial charge in [0, 0.05) is 29.7 Å². The molecule has 0 bridgehead atoms. The maximum absolute atomic E-state index is 15.3. The monoisotopic (exact) mass is 560 g/mol. The molecule has 1 aliphatic rings. The molecule has 3 N–H and O–H groups in total. The number of alkyl halides is 2. The number of amides is 1. The van der Waals surface area contributed by atoms with Crippen LogP contribution in [0.1, 0.15) is 50.0 Å². The van der Waals surface area contributed by atoms with Gasteiger partial charge in [-0.25, -0.2) is 27.3 Å². The number of nitrogens with zero attached hydrogens (tertiary/aromatic N) is 3. The average Bonchev–Trinajstić information content (AvgIpc) is 3.12. The van der Waals surface area contributed by atoms with E-state index in [4.69, 9.17) is 4.74 Å². The smallest absolute Gasteiger partial charge is 0.334 e. The third kappa shape index (κ3) is 4.99. The van der Waals surface area contributed by atoms with E-state index in [9.17, 15) is 31.9 Å². The highest BCUT2D eigenvalue weighted by Crippen LogP contribution is 2.48. The zero-order valence-corrected chi connectivity index (χ0v) is 21.7. The molecular weight excluding hydrogens is 532 g/mol. The van der Waals surface area contributed by atoms with Gasteiger partial charge in [-0.15, -0.1) is 0 Å². The molecule has 0 radical (unpaired) electrons. The van der Waals surface area contributed by atoms with E-state index in [2.05, 4.69) is 10.3 Å². The fraction of sp³-hybridized carbons (Fsp3) is 0.458. The van der Waals surface area contributed by atoms with Gasteiger partial charge >= 0.3 is 5.69 Å². The number of fused-ring (bicyclic) bond motifs is 1. The number of carbonyl (C=O) groups is 1. The van der Waals surface area contributed by atoms with Crippen LogP contribution in [-0.2, 0) is 0 Å². The highest BCUT2D eigenvalue weighted by molar-refractivity contribution is 8.24. The van der Waals surface area contributed by atoms with E-state index in [1.165, 1.54) is 10.6 Å². The summed E-state index contributed by atoms with van der Waals surface area (Å²) in [5, 5.41) is 2.21. The zero-order chi connectivity index (χ0) is 28.0. The molecule has 0 spiro atoms. The van der Waals surface area contributed by atoms with Crippen molar-refractivity contribution in [2.45, 2.75) is 51.6 Å². The Balaban J connectivity index is 1.83. The number of carbonyl (C=O) groups excluding carboxylic acids is 1. The Morgan fingerprint density at radius 2 is 1.82 bits per heavy atom. The second kappa shape index (κ2) is 10.2. The minimum atomic E-state index is -3.04. The lowest BCUT2D eigenvalue weighted by Gasteiger charge is -2.45. The Labute approximate surface area is 216 Å². The van der Waals surface area contributed by atoms with Crippen LogP contribution in [0.4, 0.5) is 17.6 Å². The topological polar surface area (TPSA) is 119 Å². The predicted octanol–water partition coefficient (Wildman–Crippen LogP) is 4.72. The second-order valence-corrected chi connectivity index (χ2v) is 11.9. The van der Waals surface area contributed by atoms with Crippen LogP contribution in [0.15, 0.2) is 29.2 Å². The average molecular weight is 561 g/mol. The van der Waals surface area contributed by atoms with E-state index in [0.717, 1.165) is 22.9 Å². The number of hydrogen-bond donors (Lipinski definition) is 3. The van der Waals surface area contributed by atoms with Crippen molar-refractivity contribution in [1.82, 2.24) is 19.4 Å². The third-order valence-electron chi connectivity index (χ3n) is 6.60. The lowest BCUT2D eigenvalue weighted by molar-refractivity contribution is 0.0210. The summed E-state index contributed by atoms with van der Waals surface area (Å²) in [6.07, 6.45) is -2.98. The number of ether oxygens (including phenoxy) is 1. The number of rotatable bonds is 7. The van der Waals surface area contributed by atoms with Crippen LogP contribution in [0, 0.1) is 11.6 Å². The molecule has 1 fully saturated rings. The summed E-state index contributed by atoms with van der Waals surface area (Å²) in [5.74, 6) is -3.74. The molecule has 1 amide bonds. The number of imidazole rings is 1. The molecule has 3 heterocycles. The van der Waals surface area contributed by atoms with Crippen molar-refractivity contribution < 1.29 is 36.2 Å². The lowest BCUT2D eigenvalue weighted by atomic mass is 9.92. The SMILES string of the molecule is CCOc1cc(-n2c(=O)n(C(C)C)c3cc(C(=O)NC4(C(F)F)CCS(O)(O)CC4)c(F)cc32)c(F)cn1. The van der Waals surface area contributed by atoms with Crippen molar-refractivity contribution in [3.8, 4) is 11.6 Å². The summed E-state index contributed by atoms with van der Waals surface area (Å²) < 4.78 is 85.3. The molecule has 2 aromatic heterocycles. The van der Waals surface area contributed by atoms with Gasteiger partial charge in [-0.2, -0.15) is 10.6 Å². The fourth-order valence-electron chi connectivity index (χ4n) is 4.56. The van der Waals surface area contributed by atoms with Crippen LogP contribution < -0.4 is 15.7 Å². The Hall–Kier alpha value is -3.10. The number of aromatic nitrogens is 3. The number of hydrogen-bond acceptors (Lipinski definition) is 6. The van der Waals surface area contributed by atoms with Crippen molar-refractivity contribution in [2.75, 3.05) is 18.1 Å². The molecule has 0 aliphatic carbocycles. The van der Waals surface area contributed by atoms with Crippen LogP contribution in [0.2, 0.25) is 0 Å². The van der Waals surface area contributed by atoms with Gasteiger partial charge in [-0.3, -0.25) is 23.0 Å². The van der Waals surface area contributed by atoms with Crippen molar-refractivity contribution in [3.63, 3.8) is 0 Å². The summed E-state index contributed by atoms with van der Waals surface area (Å²) in [4.78, 5) is 30.3. The molecule has 1 aromatic carbocycles. The molecular formula is C24H28F4N4O5S. The summed E-state index contributed by atoms with van der Waals surface area (Å²) in [6.45, 7) is 5.25. The molecule has 4 rings (SSSR count). The van der Waals surface area contributed by atoms with Gasteiger partial charge in [-0.05, 0) is 39.7 Å². The van der Waals surface area contributed by atoms with Gasteiger partial charge in [0.15, 0.2) is 5.82 Å². The predicted molar refractivity (Wildman–Crippen MR) is 135 cm³/mol. The molecule has 0 atom stereocenters. The van der Waals surface area contributed by atoms with Gasteiger partial charge in [-0.1, -0.05) is 0 Å². The zero-order valence-electron chi connectivity index (χ0n) is 20.9. The number of benzene rings is 1. The molecule has 0 saturated carbocycles. The van der Waals surface area contributed by atoms with E-state index in [0.29, 0.717) is 0 Å². The Bertz CT molecular complexity index is 1430. The van der Waals surface area contributed by atoms with E-state index in [1.54, 1.807) is 20.8 Å². The fourth-order valence-corrected chi connectivity index (χ4v) is 6.15. The minimum absolute atomic E-state index is 0.0408. The van der Waals surface area contributed by atoms with Crippen molar-refractivity contribution in [2.24, 2.45) is 0 Å². The van der Waals surface area contributed by atoms with E-state index >= 15 is 4.39 Å². The molecule has 0 unspecified atom stereocenters. The van der Waals surface area contributed by atoms with E-state index in [-0.39, 0.29) is 40.7 Å². The van der Waals surface area contributed by atoms with E-state index in [1.807, 2.05) is 0 Å². The van der Waals surface area contributed by atoms with Gasteiger partial charge in [0.25, 0.3) is 12.3 Å². The maximum Gasteiger partial charge on any atom is 0.334 e. The van der Waals surface area contributed by atoms with Crippen LogP contribution in [-0.4, -0.2) is 59.2 Å². The van der Waals surface area contributed by atoms with Gasteiger partial charge in [0.05, 0.1) is 35.1 Å². The molecule has 38 heavy (non-hydrogen) atoms. The highest BCUT2D eigenvalue weighted by atomic mass is 32.3. The van der Waals surface area contributed by atoms with Gasteiger partial charge in [0.2, 0.25) is 5.88 Å². The minimum Gasteiger partial charge on any atom is -0.478 e. The first-order valence-electron chi connectivity index (χ1n) is 11.9. The standard InChI is InChI=1S/C24H28F4N4O5S/c1-4-37-20-11-17(16(26)12-29-20)32-19-10-15(25)14(9-18(19)31(13(2)3)23(32)34)21(33)30-24(22(27)28)5-7-38(35,36)8-6-24/h9-13,22,35-36H,4-8H2,1-3H3,(H,30,33). The molecule has 9 nitrogen and oxygen atoms in total. The summed E-state index contributed by atoms with van der Waals surface area (Å²) in [7, 11) is -3.02. The Kier molecular flexibility index (Phi) is 7.51. The first kappa shape index (κ1) is 27.9. The molecule has 3 aromatic rings.